The number of carbonyl (C=O) groups excluding carboxylic acids is 1. The zero-order valence-corrected chi connectivity index (χ0v) is 13.2. The first-order chi connectivity index (χ1) is 11.7. The average Bonchev–Trinajstić information content (AvgIpc) is 3.10. The van der Waals surface area contributed by atoms with Gasteiger partial charge in [-0.3, -0.25) is 24.3 Å². The van der Waals surface area contributed by atoms with Crippen molar-refractivity contribution in [3.8, 4) is 0 Å². The van der Waals surface area contributed by atoms with E-state index in [0.29, 0.717) is 12.1 Å². The molecular formula is C13H15F3N6O3. The molecule has 9 nitrogen and oxygen atoms in total. The van der Waals surface area contributed by atoms with Crippen LogP contribution in [0.3, 0.4) is 0 Å². The summed E-state index contributed by atoms with van der Waals surface area (Å²) >= 11 is 0. The van der Waals surface area contributed by atoms with Gasteiger partial charge in [-0.05, 0) is 19.4 Å². The lowest BCUT2D eigenvalue weighted by atomic mass is 10.3. The number of hydrogen-bond acceptors (Lipinski definition) is 5. The van der Waals surface area contributed by atoms with Gasteiger partial charge in [-0.25, -0.2) is 0 Å². The Labute approximate surface area is 139 Å². The van der Waals surface area contributed by atoms with Gasteiger partial charge in [-0.1, -0.05) is 0 Å². The van der Waals surface area contributed by atoms with Crippen molar-refractivity contribution in [3.63, 3.8) is 0 Å². The van der Waals surface area contributed by atoms with Gasteiger partial charge in [0.05, 0.1) is 4.92 Å². The monoisotopic (exact) mass is 360 g/mol. The van der Waals surface area contributed by atoms with Crippen LogP contribution in [0.15, 0.2) is 18.5 Å². The molecule has 0 aliphatic heterocycles. The quantitative estimate of drug-likeness (QED) is 0.458. The summed E-state index contributed by atoms with van der Waals surface area (Å²) < 4.78 is 40.0. The Kier molecular flexibility index (Phi) is 5.39. The first-order valence-electron chi connectivity index (χ1n) is 7.22. The number of hydrogen-bond donors (Lipinski definition) is 1. The molecule has 136 valence electrons. The molecule has 0 saturated heterocycles. The summed E-state index contributed by atoms with van der Waals surface area (Å²) in [6.07, 6.45) is -1.95. The van der Waals surface area contributed by atoms with E-state index in [1.807, 2.05) is 0 Å². The van der Waals surface area contributed by atoms with Crippen molar-refractivity contribution in [1.29, 1.82) is 0 Å². The Bertz CT molecular complexity index is 767. The summed E-state index contributed by atoms with van der Waals surface area (Å²) in [5.74, 6) is -0.411. The maximum atomic E-state index is 12.6. The number of rotatable bonds is 7. The fourth-order valence-electron chi connectivity index (χ4n) is 2.07. The average molecular weight is 360 g/mol. The van der Waals surface area contributed by atoms with E-state index in [2.05, 4.69) is 15.5 Å². The molecule has 25 heavy (non-hydrogen) atoms. The van der Waals surface area contributed by atoms with Crippen LogP contribution in [0.25, 0.3) is 0 Å². The van der Waals surface area contributed by atoms with Gasteiger partial charge in [0.1, 0.15) is 18.9 Å². The van der Waals surface area contributed by atoms with Crippen LogP contribution < -0.4 is 5.32 Å². The van der Waals surface area contributed by atoms with Crippen LogP contribution in [0.4, 0.5) is 18.9 Å². The minimum Gasteiger partial charge on any atom is -0.354 e. The molecule has 0 radical (unpaired) electrons. The van der Waals surface area contributed by atoms with E-state index in [9.17, 15) is 28.1 Å². The van der Waals surface area contributed by atoms with E-state index < -0.39 is 22.7 Å². The van der Waals surface area contributed by atoms with Crippen molar-refractivity contribution >= 4 is 11.6 Å². The molecule has 0 saturated carbocycles. The summed E-state index contributed by atoms with van der Waals surface area (Å²) in [6.45, 7) is 1.77. The summed E-state index contributed by atoms with van der Waals surface area (Å²) in [4.78, 5) is 21.6. The molecule has 0 atom stereocenters. The van der Waals surface area contributed by atoms with E-state index in [-0.39, 0.29) is 25.3 Å². The van der Waals surface area contributed by atoms with E-state index >= 15 is 0 Å². The number of nitro groups is 1. The third-order valence-corrected chi connectivity index (χ3v) is 3.28. The molecule has 0 aromatic carbocycles. The molecule has 2 rings (SSSR count). The molecule has 2 aromatic rings. The van der Waals surface area contributed by atoms with Crippen LogP contribution in [-0.4, -0.2) is 36.9 Å². The summed E-state index contributed by atoms with van der Waals surface area (Å²) in [7, 11) is 0. The number of carbonyl (C=O) groups is 1. The number of halogens is 3. The third-order valence-electron chi connectivity index (χ3n) is 3.28. The summed E-state index contributed by atoms with van der Waals surface area (Å²) in [5, 5.41) is 20.2. The standard InChI is InChI=1S/C13H15F3N6O3/c1-9-5-11(13(14,15)16)19-21(9)4-2-3-17-12(23)8-20-7-10(6-18-20)22(24)25/h5-7H,2-4,8H2,1H3,(H,17,23). The highest BCUT2D eigenvalue weighted by molar-refractivity contribution is 5.75. The van der Waals surface area contributed by atoms with Crippen molar-refractivity contribution in [3.05, 3.63) is 40.0 Å². The Hall–Kier alpha value is -2.92. The molecule has 1 N–H and O–H groups in total. The Morgan fingerprint density at radius 1 is 1.44 bits per heavy atom. The number of nitrogens with one attached hydrogen (secondary N) is 1. The Morgan fingerprint density at radius 2 is 2.16 bits per heavy atom. The van der Waals surface area contributed by atoms with Crippen molar-refractivity contribution in [2.24, 2.45) is 0 Å². The fourth-order valence-corrected chi connectivity index (χ4v) is 2.07. The molecule has 0 aliphatic carbocycles. The molecular weight excluding hydrogens is 345 g/mol. The number of nitrogens with zero attached hydrogens (tertiary/aromatic N) is 5. The van der Waals surface area contributed by atoms with E-state index in [1.165, 1.54) is 11.6 Å². The van der Waals surface area contributed by atoms with Crippen molar-refractivity contribution in [2.75, 3.05) is 6.54 Å². The van der Waals surface area contributed by atoms with Crippen LogP contribution in [0.1, 0.15) is 17.8 Å². The predicted octanol–water partition coefficient (Wildman–Crippen LogP) is 1.52. The second-order valence-electron chi connectivity index (χ2n) is 5.25. The van der Waals surface area contributed by atoms with Gasteiger partial charge in [0.2, 0.25) is 5.91 Å². The zero-order valence-electron chi connectivity index (χ0n) is 13.2. The largest absolute Gasteiger partial charge is 0.435 e. The van der Waals surface area contributed by atoms with Crippen LogP contribution in [0.5, 0.6) is 0 Å². The van der Waals surface area contributed by atoms with Crippen LogP contribution in [0.2, 0.25) is 0 Å². The summed E-state index contributed by atoms with van der Waals surface area (Å²) in [6, 6.07) is 0.962. The van der Waals surface area contributed by atoms with Gasteiger partial charge in [0.15, 0.2) is 5.69 Å². The minimum atomic E-state index is -4.49. The van der Waals surface area contributed by atoms with Crippen molar-refractivity contribution in [1.82, 2.24) is 24.9 Å². The maximum Gasteiger partial charge on any atom is 0.435 e. The normalized spacial score (nSPS) is 11.5. The SMILES string of the molecule is Cc1cc(C(F)(F)F)nn1CCCNC(=O)Cn1cc([N+](=O)[O-])cn1. The lowest BCUT2D eigenvalue weighted by molar-refractivity contribution is -0.385. The Balaban J connectivity index is 1.76. The topological polar surface area (TPSA) is 108 Å². The molecule has 0 spiro atoms. The highest BCUT2D eigenvalue weighted by Gasteiger charge is 2.34. The van der Waals surface area contributed by atoms with Gasteiger partial charge < -0.3 is 5.32 Å². The minimum absolute atomic E-state index is 0.188. The first-order valence-corrected chi connectivity index (χ1v) is 7.22. The molecule has 0 bridgehead atoms. The molecule has 0 aliphatic rings. The number of amides is 1. The molecule has 12 heteroatoms. The number of alkyl halides is 3. The van der Waals surface area contributed by atoms with Crippen LogP contribution in [-0.2, 0) is 24.1 Å². The van der Waals surface area contributed by atoms with Crippen molar-refractivity contribution < 1.29 is 22.9 Å². The van der Waals surface area contributed by atoms with Crippen LogP contribution in [0, 0.1) is 17.0 Å². The van der Waals surface area contributed by atoms with Gasteiger partial charge >= 0.3 is 11.9 Å². The third kappa shape index (κ3) is 5.02. The molecule has 0 fully saturated rings. The fraction of sp³-hybridized carbons (Fsp3) is 0.462. The molecule has 2 heterocycles. The van der Waals surface area contributed by atoms with Crippen molar-refractivity contribution in [2.45, 2.75) is 32.6 Å². The van der Waals surface area contributed by atoms with Gasteiger partial charge in [-0.15, -0.1) is 0 Å². The summed E-state index contributed by atoms with van der Waals surface area (Å²) in [5.41, 5.74) is -0.792. The van der Waals surface area contributed by atoms with Gasteiger partial charge in [0, 0.05) is 18.8 Å². The number of aryl methyl sites for hydroxylation is 2. The van der Waals surface area contributed by atoms with Crippen LogP contribution >= 0.6 is 0 Å². The second-order valence-corrected chi connectivity index (χ2v) is 5.25. The van der Waals surface area contributed by atoms with E-state index in [4.69, 9.17) is 0 Å². The van der Waals surface area contributed by atoms with Gasteiger partial charge in [0.25, 0.3) is 0 Å². The molecule has 2 aromatic heterocycles. The first kappa shape index (κ1) is 18.4. The van der Waals surface area contributed by atoms with E-state index in [1.54, 1.807) is 0 Å². The molecule has 0 unspecified atom stereocenters. The zero-order chi connectivity index (χ0) is 18.6. The highest BCUT2D eigenvalue weighted by Crippen LogP contribution is 2.28. The predicted molar refractivity (Wildman–Crippen MR) is 78.5 cm³/mol. The number of aromatic nitrogens is 4. The van der Waals surface area contributed by atoms with Gasteiger partial charge in [-0.2, -0.15) is 23.4 Å². The van der Waals surface area contributed by atoms with E-state index in [0.717, 1.165) is 23.1 Å². The Morgan fingerprint density at radius 3 is 2.72 bits per heavy atom. The lowest BCUT2D eigenvalue weighted by Crippen LogP contribution is -2.29. The molecule has 1 amide bonds. The lowest BCUT2D eigenvalue weighted by Gasteiger charge is -2.07. The highest BCUT2D eigenvalue weighted by atomic mass is 19.4. The maximum absolute atomic E-state index is 12.6. The second kappa shape index (κ2) is 7.32. The smallest absolute Gasteiger partial charge is 0.354 e.